The minimum absolute atomic E-state index is 0.0325. The number of rotatable bonds is 7. The van der Waals surface area contributed by atoms with Crippen LogP contribution in [0.3, 0.4) is 0 Å². The van der Waals surface area contributed by atoms with Gasteiger partial charge in [-0.25, -0.2) is 4.79 Å². The Balaban J connectivity index is 1.66. The molecule has 2 aromatic heterocycles. The molecule has 0 fully saturated rings. The Labute approximate surface area is 110 Å². The van der Waals surface area contributed by atoms with Gasteiger partial charge >= 0.3 is 5.97 Å². The smallest absolute Gasteiger partial charge is 0.358 e. The van der Waals surface area contributed by atoms with Gasteiger partial charge in [0.2, 0.25) is 0 Å². The predicted molar refractivity (Wildman–Crippen MR) is 66.8 cm³/mol. The van der Waals surface area contributed by atoms with Gasteiger partial charge in [0.25, 0.3) is 0 Å². The normalized spacial score (nSPS) is 10.8. The molecule has 8 nitrogen and oxygen atoms in total. The summed E-state index contributed by atoms with van der Waals surface area (Å²) in [5, 5.41) is 23.3. The molecule has 0 aliphatic carbocycles. The average molecular weight is 264 g/mol. The van der Waals surface area contributed by atoms with Crippen molar-refractivity contribution in [3.05, 3.63) is 29.8 Å². The molecule has 0 aromatic carbocycles. The number of aromatic carboxylic acids is 1. The van der Waals surface area contributed by atoms with Crippen LogP contribution in [0.25, 0.3) is 0 Å². The predicted octanol–water partition coefficient (Wildman–Crippen LogP) is -0.458. The molecule has 0 bridgehead atoms. The first-order valence-electron chi connectivity index (χ1n) is 5.98. The van der Waals surface area contributed by atoms with Gasteiger partial charge in [0, 0.05) is 38.4 Å². The summed E-state index contributed by atoms with van der Waals surface area (Å²) in [6.45, 7) is 2.13. The largest absolute Gasteiger partial charge is 0.476 e. The monoisotopic (exact) mass is 264 g/mol. The third-order valence-electron chi connectivity index (χ3n) is 2.76. The van der Waals surface area contributed by atoms with E-state index in [0.717, 1.165) is 13.0 Å². The van der Waals surface area contributed by atoms with Gasteiger partial charge in [-0.15, -0.1) is 5.10 Å². The number of carboxylic acids is 1. The first-order chi connectivity index (χ1) is 9.16. The molecule has 102 valence electrons. The second-order valence-electron chi connectivity index (χ2n) is 4.12. The molecule has 8 heteroatoms. The highest BCUT2D eigenvalue weighted by atomic mass is 16.4. The van der Waals surface area contributed by atoms with Gasteiger partial charge in [-0.1, -0.05) is 5.21 Å². The number of nitrogens with one attached hydrogen (secondary N) is 1. The zero-order valence-electron chi connectivity index (χ0n) is 10.7. The van der Waals surface area contributed by atoms with Crippen LogP contribution in [0.2, 0.25) is 0 Å². The molecule has 2 heterocycles. The van der Waals surface area contributed by atoms with E-state index in [-0.39, 0.29) is 5.69 Å². The third-order valence-corrected chi connectivity index (χ3v) is 2.76. The number of aryl methyl sites for hydroxylation is 1. The first-order valence-corrected chi connectivity index (χ1v) is 5.98. The topological polar surface area (TPSA) is 97.9 Å². The Morgan fingerprint density at radius 2 is 2.32 bits per heavy atom. The van der Waals surface area contributed by atoms with Crippen LogP contribution in [-0.2, 0) is 20.0 Å². The summed E-state index contributed by atoms with van der Waals surface area (Å²) < 4.78 is 3.36. The van der Waals surface area contributed by atoms with Crippen molar-refractivity contribution < 1.29 is 9.90 Å². The molecule has 0 radical (unpaired) electrons. The molecular formula is C11H16N6O2. The van der Waals surface area contributed by atoms with Gasteiger partial charge < -0.3 is 10.4 Å². The fraction of sp³-hybridized carbons (Fsp3) is 0.455. The molecule has 0 saturated heterocycles. The average Bonchev–Trinajstić information content (AvgIpc) is 2.99. The number of carbonyl (C=O) groups is 1. The van der Waals surface area contributed by atoms with E-state index < -0.39 is 5.97 Å². The lowest BCUT2D eigenvalue weighted by atomic mass is 10.3. The lowest BCUT2D eigenvalue weighted by molar-refractivity contribution is 0.0690. The molecule has 0 spiro atoms. The van der Waals surface area contributed by atoms with Crippen molar-refractivity contribution in [3.63, 3.8) is 0 Å². The van der Waals surface area contributed by atoms with Gasteiger partial charge in [0.1, 0.15) is 0 Å². The lowest BCUT2D eigenvalue weighted by Gasteiger charge is -2.04. The van der Waals surface area contributed by atoms with Gasteiger partial charge in [-0.3, -0.25) is 9.36 Å². The quantitative estimate of drug-likeness (QED) is 0.657. The standard InChI is InChI=1S/C11H16N6O2/c1-16-9(3-5-13-16)2-4-12-6-7-17-8-10(11(18)19)14-15-17/h3,5,8,12H,2,4,6-7H2,1H3,(H,18,19). The molecule has 0 saturated carbocycles. The Morgan fingerprint density at radius 1 is 1.47 bits per heavy atom. The maximum absolute atomic E-state index is 10.6. The Hall–Kier alpha value is -2.22. The van der Waals surface area contributed by atoms with Gasteiger partial charge in [-0.2, -0.15) is 5.10 Å². The van der Waals surface area contributed by atoms with Gasteiger partial charge in [0.15, 0.2) is 5.69 Å². The van der Waals surface area contributed by atoms with Crippen molar-refractivity contribution in [2.75, 3.05) is 13.1 Å². The second kappa shape index (κ2) is 6.10. The third kappa shape index (κ3) is 3.62. The summed E-state index contributed by atoms with van der Waals surface area (Å²) in [4.78, 5) is 10.6. The minimum atomic E-state index is -1.06. The van der Waals surface area contributed by atoms with Crippen LogP contribution in [0.4, 0.5) is 0 Å². The van der Waals surface area contributed by atoms with Crippen LogP contribution in [0.5, 0.6) is 0 Å². The van der Waals surface area contributed by atoms with E-state index in [2.05, 4.69) is 20.7 Å². The van der Waals surface area contributed by atoms with Crippen LogP contribution in [0.15, 0.2) is 18.5 Å². The summed E-state index contributed by atoms with van der Waals surface area (Å²) in [6, 6.07) is 1.98. The van der Waals surface area contributed by atoms with E-state index in [4.69, 9.17) is 5.11 Å². The van der Waals surface area contributed by atoms with Crippen molar-refractivity contribution in [1.29, 1.82) is 0 Å². The molecule has 2 aromatic rings. The maximum atomic E-state index is 10.6. The van der Waals surface area contributed by atoms with Crippen LogP contribution >= 0.6 is 0 Å². The number of carboxylic acid groups (broad SMARTS) is 1. The van der Waals surface area contributed by atoms with Gasteiger partial charge in [0.05, 0.1) is 12.7 Å². The van der Waals surface area contributed by atoms with Gasteiger partial charge in [-0.05, 0) is 6.07 Å². The SMILES string of the molecule is Cn1nccc1CCNCCn1cc(C(=O)O)nn1. The maximum Gasteiger partial charge on any atom is 0.358 e. The van der Waals surface area contributed by atoms with Crippen LogP contribution in [0.1, 0.15) is 16.2 Å². The first kappa shape index (κ1) is 13.2. The van der Waals surface area contributed by atoms with Crippen LogP contribution < -0.4 is 5.32 Å². The second-order valence-corrected chi connectivity index (χ2v) is 4.12. The Morgan fingerprint density at radius 3 is 2.95 bits per heavy atom. The number of nitrogens with zero attached hydrogens (tertiary/aromatic N) is 5. The molecular weight excluding hydrogens is 248 g/mol. The molecule has 0 aliphatic rings. The van der Waals surface area contributed by atoms with Crippen LogP contribution in [0, 0.1) is 0 Å². The minimum Gasteiger partial charge on any atom is -0.476 e. The molecule has 0 unspecified atom stereocenters. The van der Waals surface area contributed by atoms with Crippen molar-refractivity contribution in [2.45, 2.75) is 13.0 Å². The number of hydrogen-bond acceptors (Lipinski definition) is 5. The van der Waals surface area contributed by atoms with Crippen molar-refractivity contribution >= 4 is 5.97 Å². The Bertz CT molecular complexity index is 547. The van der Waals surface area contributed by atoms with E-state index in [1.165, 1.54) is 16.6 Å². The fourth-order valence-corrected chi connectivity index (χ4v) is 1.69. The van der Waals surface area contributed by atoms with Crippen molar-refractivity contribution in [3.8, 4) is 0 Å². The molecule has 0 atom stereocenters. The molecule has 0 amide bonds. The van der Waals surface area contributed by atoms with Crippen molar-refractivity contribution in [2.24, 2.45) is 7.05 Å². The summed E-state index contributed by atoms with van der Waals surface area (Å²) >= 11 is 0. The van der Waals surface area contributed by atoms with Crippen LogP contribution in [-0.4, -0.2) is 48.9 Å². The highest BCUT2D eigenvalue weighted by Gasteiger charge is 2.07. The van der Waals surface area contributed by atoms with Crippen molar-refractivity contribution in [1.82, 2.24) is 30.1 Å². The zero-order chi connectivity index (χ0) is 13.7. The number of aromatic nitrogens is 5. The van der Waals surface area contributed by atoms with E-state index in [0.29, 0.717) is 13.1 Å². The highest BCUT2D eigenvalue weighted by Crippen LogP contribution is 1.96. The zero-order valence-corrected chi connectivity index (χ0v) is 10.7. The molecule has 2 rings (SSSR count). The number of hydrogen-bond donors (Lipinski definition) is 2. The molecule has 19 heavy (non-hydrogen) atoms. The summed E-state index contributed by atoms with van der Waals surface area (Å²) in [6.07, 6.45) is 4.09. The van der Waals surface area contributed by atoms with E-state index in [1.807, 2.05) is 17.8 Å². The highest BCUT2D eigenvalue weighted by molar-refractivity contribution is 5.84. The lowest BCUT2D eigenvalue weighted by Crippen LogP contribution is -2.23. The Kier molecular flexibility index (Phi) is 4.24. The summed E-state index contributed by atoms with van der Waals surface area (Å²) in [5.41, 5.74) is 1.14. The fourth-order valence-electron chi connectivity index (χ4n) is 1.69. The molecule has 2 N–H and O–H groups in total. The molecule has 0 aliphatic heterocycles. The van der Waals surface area contributed by atoms with E-state index >= 15 is 0 Å². The summed E-state index contributed by atoms with van der Waals surface area (Å²) in [7, 11) is 1.91. The van der Waals surface area contributed by atoms with E-state index in [9.17, 15) is 4.79 Å². The van der Waals surface area contributed by atoms with E-state index in [1.54, 1.807) is 6.20 Å². The summed E-state index contributed by atoms with van der Waals surface area (Å²) in [5.74, 6) is -1.06.